The number of rotatable bonds is 67. The molecule has 1 aliphatic carbocycles. The highest BCUT2D eigenvalue weighted by molar-refractivity contribution is 6.10. The first kappa shape index (κ1) is 107. The minimum atomic E-state index is -1.79. The van der Waals surface area contributed by atoms with Crippen LogP contribution >= 0.6 is 0 Å². The molecule has 0 unspecified atom stereocenters. The van der Waals surface area contributed by atoms with Crippen LogP contribution in [0.25, 0.3) is 33.1 Å². The quantitative estimate of drug-likeness (QED) is 0.0122. The van der Waals surface area contributed by atoms with Crippen LogP contribution in [0.5, 0.6) is 5.75 Å². The van der Waals surface area contributed by atoms with Gasteiger partial charge in [0, 0.05) is 91.6 Å². The summed E-state index contributed by atoms with van der Waals surface area (Å²) in [6, 6.07) is 23.4. The Morgan fingerprint density at radius 2 is 1.06 bits per heavy atom. The maximum Gasteiger partial charge on any atom is 0.413 e. The third-order valence-electron chi connectivity index (χ3n) is 20.3. The number of methoxy groups -OCH3 is 2. The summed E-state index contributed by atoms with van der Waals surface area (Å²) in [6.45, 7) is 15.1. The standard InChI is InChI=1S/C92H128N8O32/c1-8-9-23-79-98-82-83(100(79)32-16-17-33-101)72-26-25-67(89(109)113-7)58-75(72)96-87(82)99-92(111)126-59-66-24-27-77(131-90-86(130-65(5)105)85(129-64(4)104)84(128-63(3)103)78(132-90)61-125-62(2)102)76(57-66)95-81(107)28-31-94-88(108)74(97-91(110)127-60-73-70-20-12-10-18-68(70)69-19-11-13-21-71(69)73)22-14-15-30-93-80(106)29-34-114-37-38-116-41-42-118-45-46-120-49-50-122-53-54-124-56-55-123-52-51-121-48-47-119-44-43-117-40-39-115-36-35-112-6/h10-13,18-21,24-27,57-58,73-74,78,84-86,90,101H,8-9,14-17,22-23,28-56,59-61H2,1-7H3,(H,93,106)(H,94,108)(H,95,107)(H,97,110)(H,96,99,111)/t74-,78+,84+,85-,86-,90-/m0/s1. The fourth-order valence-electron chi connectivity index (χ4n) is 14.1. The number of aryl methyl sites for hydroxylation is 2. The monoisotopic (exact) mass is 1860 g/mol. The van der Waals surface area contributed by atoms with E-state index in [0.29, 0.717) is 199 Å². The topological polar surface area (TPSA) is 476 Å². The SMILES string of the molecule is CCCCc1nc2c(NC(=O)OCc3ccc(O[C@H]4O[C@H](COC(C)=O)[C@@H](OC(C)=O)[C@H](OC(C)=O)[C@@H]4OC(C)=O)c(NC(=O)CCNC(=O)[C@H](CCCCNC(=O)CCOCCOCCOCCOCCOCCOCCOCCOCCOCCOCCOCCOC)NC(=O)OCC4c5ccccc5-c5ccccc54)c3)nc3cc(C(=O)OC)ccc3c2n1CCCCO. The number of hydrogen-bond donors (Lipinski definition) is 6. The number of aliphatic hydroxyl groups is 1. The van der Waals surface area contributed by atoms with E-state index in [9.17, 15) is 53.1 Å². The number of aromatic nitrogens is 3. The Morgan fingerprint density at radius 1 is 0.508 bits per heavy atom. The molecule has 40 heteroatoms. The zero-order chi connectivity index (χ0) is 94.5. The van der Waals surface area contributed by atoms with Crippen molar-refractivity contribution in [1.29, 1.82) is 0 Å². The van der Waals surface area contributed by atoms with E-state index < -0.39 is 110 Å². The molecule has 4 aromatic carbocycles. The van der Waals surface area contributed by atoms with Crippen LogP contribution in [0.3, 0.4) is 0 Å². The number of nitrogens with one attached hydrogen (secondary N) is 5. The summed E-state index contributed by atoms with van der Waals surface area (Å²) in [7, 11) is 2.88. The number of pyridine rings is 1. The zero-order valence-electron chi connectivity index (χ0n) is 76.4. The minimum absolute atomic E-state index is 0.000635. The van der Waals surface area contributed by atoms with E-state index in [1.807, 2.05) is 60.0 Å². The van der Waals surface area contributed by atoms with E-state index in [1.165, 1.54) is 31.4 Å². The van der Waals surface area contributed by atoms with Crippen molar-refractivity contribution in [3.05, 3.63) is 113 Å². The molecule has 6 N–H and O–H groups in total. The predicted octanol–water partition coefficient (Wildman–Crippen LogP) is 7.55. The van der Waals surface area contributed by atoms with Crippen LogP contribution in [0.2, 0.25) is 0 Å². The summed E-state index contributed by atoms with van der Waals surface area (Å²) < 4.78 is 119. The summed E-state index contributed by atoms with van der Waals surface area (Å²) >= 11 is 0. The molecule has 6 atom stereocenters. The first-order chi connectivity index (χ1) is 64.2. The summed E-state index contributed by atoms with van der Waals surface area (Å²) in [4.78, 5) is 143. The Kier molecular flexibility index (Phi) is 49.4. The van der Waals surface area contributed by atoms with E-state index in [-0.39, 0.29) is 99.2 Å². The van der Waals surface area contributed by atoms with Gasteiger partial charge in [0.1, 0.15) is 49.1 Å². The average Bonchev–Trinajstić information content (AvgIpc) is 1.55. The van der Waals surface area contributed by atoms with Gasteiger partial charge in [-0.15, -0.1) is 0 Å². The molecule has 0 saturated carbocycles. The molecule has 5 amide bonds. The number of alkyl carbamates (subject to hydrolysis) is 1. The van der Waals surface area contributed by atoms with Crippen LogP contribution in [0.4, 0.5) is 21.1 Å². The lowest BCUT2D eigenvalue weighted by Gasteiger charge is -2.44. The van der Waals surface area contributed by atoms with Gasteiger partial charge in [0.2, 0.25) is 30.1 Å². The van der Waals surface area contributed by atoms with E-state index in [1.54, 1.807) is 19.2 Å². The van der Waals surface area contributed by atoms with Gasteiger partial charge in [0.05, 0.1) is 181 Å². The highest BCUT2D eigenvalue weighted by atomic mass is 16.7. The highest BCUT2D eigenvalue weighted by Crippen LogP contribution is 2.45. The number of anilines is 2. The number of fused-ring (bicyclic) bond motifs is 6. The normalized spacial score (nSPS) is 15.3. The fraction of sp³-hybridized carbons (Fsp3) is 0.587. The van der Waals surface area contributed by atoms with Crippen LogP contribution in [-0.4, -0.2) is 315 Å². The molecular formula is C92H128N8O32. The second-order valence-electron chi connectivity index (χ2n) is 30.2. The molecule has 2 aromatic heterocycles. The Balaban J connectivity index is 0.823. The number of hydrogen-bond acceptors (Lipinski definition) is 34. The second kappa shape index (κ2) is 61.2. The molecule has 3 heterocycles. The van der Waals surface area contributed by atoms with Crippen LogP contribution in [0, 0.1) is 0 Å². The predicted molar refractivity (Wildman–Crippen MR) is 475 cm³/mol. The average molecular weight is 1860 g/mol. The van der Waals surface area contributed by atoms with Gasteiger partial charge in [-0.05, 0) is 96.7 Å². The molecule has 0 bridgehead atoms. The van der Waals surface area contributed by atoms with E-state index in [4.69, 9.17) is 109 Å². The zero-order valence-corrected chi connectivity index (χ0v) is 76.4. The lowest BCUT2D eigenvalue weighted by Crippen LogP contribution is -2.63. The summed E-state index contributed by atoms with van der Waals surface area (Å²) in [5.41, 5.74) is 5.51. The fourth-order valence-corrected chi connectivity index (χ4v) is 14.1. The molecule has 0 radical (unpaired) electrons. The number of imidazole rings is 1. The molecule has 0 spiro atoms. The molecule has 6 aromatic rings. The lowest BCUT2D eigenvalue weighted by atomic mass is 9.98. The summed E-state index contributed by atoms with van der Waals surface area (Å²) in [5.74, 6) is -5.60. The molecule has 40 nitrogen and oxygen atoms in total. The van der Waals surface area contributed by atoms with Gasteiger partial charge < -0.3 is 130 Å². The van der Waals surface area contributed by atoms with E-state index in [0.717, 1.165) is 62.8 Å². The summed E-state index contributed by atoms with van der Waals surface area (Å²) in [6.07, 6.45) is -6.30. The number of ether oxygens (including phenoxy) is 21. The number of amides is 5. The maximum absolute atomic E-state index is 14.4. The maximum atomic E-state index is 14.4. The molecule has 132 heavy (non-hydrogen) atoms. The first-order valence-corrected chi connectivity index (χ1v) is 44.6. The third-order valence-corrected chi connectivity index (χ3v) is 20.3. The van der Waals surface area contributed by atoms with Crippen LogP contribution in [-0.2, 0) is 148 Å². The third kappa shape index (κ3) is 37.8. The Labute approximate surface area is 767 Å². The highest BCUT2D eigenvalue weighted by Gasteiger charge is 2.54. The van der Waals surface area contributed by atoms with Crippen molar-refractivity contribution >= 4 is 93.2 Å². The molecule has 2 aliphatic rings. The minimum Gasteiger partial charge on any atom is -0.465 e. The van der Waals surface area contributed by atoms with Gasteiger partial charge in [-0.2, -0.15) is 0 Å². The number of aliphatic hydroxyl groups excluding tert-OH is 1. The van der Waals surface area contributed by atoms with Gasteiger partial charge in [-0.25, -0.2) is 24.4 Å². The van der Waals surface area contributed by atoms with Crippen molar-refractivity contribution < 1.29 is 153 Å². The van der Waals surface area contributed by atoms with Crippen molar-refractivity contribution in [1.82, 2.24) is 30.5 Å². The number of esters is 5. The molecule has 1 aliphatic heterocycles. The lowest BCUT2D eigenvalue weighted by molar-refractivity contribution is -0.288. The van der Waals surface area contributed by atoms with Gasteiger partial charge >= 0.3 is 42.0 Å². The van der Waals surface area contributed by atoms with Gasteiger partial charge in [0.15, 0.2) is 18.0 Å². The first-order valence-electron chi connectivity index (χ1n) is 44.6. The smallest absolute Gasteiger partial charge is 0.413 e. The number of unbranched alkanes of at least 4 members (excludes halogenated alkanes) is 3. The number of benzene rings is 4. The van der Waals surface area contributed by atoms with Crippen LogP contribution in [0.1, 0.15) is 131 Å². The number of carbonyl (C=O) groups excluding carboxylic acids is 10. The second-order valence-corrected chi connectivity index (χ2v) is 30.2. The Morgan fingerprint density at radius 3 is 1.61 bits per heavy atom. The molecule has 728 valence electrons. The number of nitrogens with zero attached hydrogens (tertiary/aromatic N) is 3. The molecule has 8 rings (SSSR count). The summed E-state index contributed by atoms with van der Waals surface area (Å²) in [5, 5.41) is 24.2. The van der Waals surface area contributed by atoms with Crippen molar-refractivity contribution in [2.45, 2.75) is 155 Å². The Bertz CT molecular complexity index is 4510. The molecular weight excluding hydrogens is 1730 g/mol. The largest absolute Gasteiger partial charge is 0.465 e. The van der Waals surface area contributed by atoms with Gasteiger partial charge in [-0.1, -0.05) is 67.9 Å². The Hall–Kier alpha value is -10.7. The van der Waals surface area contributed by atoms with Crippen molar-refractivity contribution in [2.75, 3.05) is 210 Å². The van der Waals surface area contributed by atoms with E-state index in [2.05, 4.69) is 26.6 Å². The van der Waals surface area contributed by atoms with Gasteiger partial charge in [0.25, 0.3) is 0 Å². The molecule has 1 fully saturated rings. The van der Waals surface area contributed by atoms with Crippen molar-refractivity contribution in [3.63, 3.8) is 0 Å². The molecule has 1 saturated heterocycles. The van der Waals surface area contributed by atoms with Crippen LogP contribution in [0.15, 0.2) is 84.9 Å². The van der Waals surface area contributed by atoms with Crippen molar-refractivity contribution in [3.8, 4) is 16.9 Å². The number of carbonyl (C=O) groups is 10. The van der Waals surface area contributed by atoms with Crippen molar-refractivity contribution in [2.24, 2.45) is 0 Å². The van der Waals surface area contributed by atoms with Gasteiger partial charge in [-0.3, -0.25) is 38.9 Å². The van der Waals surface area contributed by atoms with E-state index >= 15 is 0 Å². The van der Waals surface area contributed by atoms with Crippen LogP contribution < -0.4 is 31.3 Å².